The van der Waals surface area contributed by atoms with Crippen LogP contribution >= 0.6 is 0 Å². The van der Waals surface area contributed by atoms with Crippen LogP contribution < -0.4 is 5.56 Å². The average molecular weight is 358 g/mol. The Kier molecular flexibility index (Phi) is 5.35. The predicted octanol–water partition coefficient (Wildman–Crippen LogP) is 2.16. The van der Waals surface area contributed by atoms with Gasteiger partial charge in [-0.15, -0.1) is 0 Å². The summed E-state index contributed by atoms with van der Waals surface area (Å²) in [6, 6.07) is 7.36. The minimum atomic E-state index is -0.577. The second kappa shape index (κ2) is 7.68. The maximum Gasteiger partial charge on any atom is 0.344 e. The Balaban J connectivity index is 1.69. The van der Waals surface area contributed by atoms with E-state index in [0.717, 1.165) is 12.8 Å². The zero-order valence-corrected chi connectivity index (χ0v) is 14.9. The number of fused-ring (bicyclic) bond motifs is 1. The first-order valence-corrected chi connectivity index (χ1v) is 8.81. The minimum absolute atomic E-state index is 0.0481. The van der Waals surface area contributed by atoms with Crippen molar-refractivity contribution in [1.82, 2.24) is 9.55 Å². The lowest BCUT2D eigenvalue weighted by Gasteiger charge is -2.13. The van der Waals surface area contributed by atoms with Crippen molar-refractivity contribution < 1.29 is 19.1 Å². The van der Waals surface area contributed by atoms with Crippen LogP contribution in [0.3, 0.4) is 0 Å². The molecule has 0 bridgehead atoms. The third kappa shape index (κ3) is 4.28. The normalized spacial score (nSPS) is 13.8. The summed E-state index contributed by atoms with van der Waals surface area (Å²) in [5.41, 5.74) is 0.556. The van der Waals surface area contributed by atoms with Crippen LogP contribution in [0.4, 0.5) is 0 Å². The van der Waals surface area contributed by atoms with Gasteiger partial charge in [0.1, 0.15) is 5.82 Å². The zero-order valence-electron chi connectivity index (χ0n) is 14.9. The van der Waals surface area contributed by atoms with E-state index in [1.165, 1.54) is 0 Å². The van der Waals surface area contributed by atoms with Crippen LogP contribution in [0.25, 0.3) is 10.9 Å². The van der Waals surface area contributed by atoms with Crippen LogP contribution in [0.15, 0.2) is 29.1 Å². The molecule has 1 aromatic heterocycles. The van der Waals surface area contributed by atoms with Gasteiger partial charge in [-0.25, -0.2) is 9.78 Å². The van der Waals surface area contributed by atoms with Crippen LogP contribution in [0.5, 0.6) is 0 Å². The van der Waals surface area contributed by atoms with Gasteiger partial charge in [-0.2, -0.15) is 0 Å². The second-order valence-electron chi connectivity index (χ2n) is 6.65. The summed E-state index contributed by atoms with van der Waals surface area (Å²) >= 11 is 0. The summed E-state index contributed by atoms with van der Waals surface area (Å²) in [5.74, 6) is -0.513. The maximum absolute atomic E-state index is 12.7. The van der Waals surface area contributed by atoms with Crippen molar-refractivity contribution in [1.29, 1.82) is 0 Å². The number of carbonyl (C=O) groups is 2. The van der Waals surface area contributed by atoms with Crippen molar-refractivity contribution in [2.75, 3.05) is 6.61 Å². The van der Waals surface area contributed by atoms with Gasteiger partial charge in [0.25, 0.3) is 5.56 Å². The zero-order chi connectivity index (χ0) is 18.7. The number of nitrogens with zero attached hydrogens (tertiary/aromatic N) is 2. The Hall–Kier alpha value is -2.70. The maximum atomic E-state index is 12.7. The summed E-state index contributed by atoms with van der Waals surface area (Å²) in [4.78, 5) is 40.6. The molecule has 0 unspecified atom stereocenters. The number of para-hydroxylation sites is 1. The Morgan fingerprint density at radius 3 is 2.65 bits per heavy atom. The van der Waals surface area contributed by atoms with Gasteiger partial charge in [-0.05, 0) is 38.8 Å². The van der Waals surface area contributed by atoms with Crippen molar-refractivity contribution in [3.05, 3.63) is 40.4 Å². The van der Waals surface area contributed by atoms with Gasteiger partial charge in [0.15, 0.2) is 6.61 Å². The first kappa shape index (κ1) is 18.1. The number of carbonyl (C=O) groups excluding carboxylic acids is 2. The van der Waals surface area contributed by atoms with Gasteiger partial charge in [0.2, 0.25) is 0 Å². The van der Waals surface area contributed by atoms with Gasteiger partial charge in [-0.1, -0.05) is 12.1 Å². The fraction of sp³-hybridized carbons (Fsp3) is 0.474. The number of ether oxygens (including phenoxy) is 2. The number of aryl methyl sites for hydroxylation is 1. The molecular formula is C19H22N2O5. The number of hydrogen-bond acceptors (Lipinski definition) is 6. The van der Waals surface area contributed by atoms with Crippen molar-refractivity contribution >= 4 is 22.8 Å². The van der Waals surface area contributed by atoms with E-state index < -0.39 is 18.5 Å². The van der Waals surface area contributed by atoms with Crippen LogP contribution in [-0.4, -0.2) is 34.2 Å². The summed E-state index contributed by atoms with van der Waals surface area (Å²) in [5, 5.41) is 0.585. The van der Waals surface area contributed by atoms with Gasteiger partial charge in [-0.3, -0.25) is 14.2 Å². The Morgan fingerprint density at radius 1 is 1.23 bits per heavy atom. The van der Waals surface area contributed by atoms with Crippen molar-refractivity contribution in [3.8, 4) is 0 Å². The molecule has 1 aromatic carbocycles. The fourth-order valence-electron chi connectivity index (χ4n) is 2.80. The second-order valence-corrected chi connectivity index (χ2v) is 6.65. The summed E-state index contributed by atoms with van der Waals surface area (Å²) in [6.45, 7) is 3.04. The van der Waals surface area contributed by atoms with E-state index >= 15 is 0 Å². The van der Waals surface area contributed by atoms with Gasteiger partial charge in [0.05, 0.1) is 23.4 Å². The highest BCUT2D eigenvalue weighted by molar-refractivity contribution is 5.78. The smallest absolute Gasteiger partial charge is 0.344 e. The molecule has 0 radical (unpaired) electrons. The van der Waals surface area contributed by atoms with Gasteiger partial charge < -0.3 is 9.47 Å². The molecule has 3 rings (SSSR count). The molecule has 1 fully saturated rings. The lowest BCUT2D eigenvalue weighted by Crippen LogP contribution is -2.25. The molecule has 0 amide bonds. The standard InChI is InChI=1S/C19H22N2O5/c1-12(2)26-18(23)11-25-17(22)10-9-16-20-15-6-4-3-5-14(15)19(24)21(16)13-7-8-13/h3-6,12-13H,7-11H2,1-2H3. The Morgan fingerprint density at radius 2 is 1.96 bits per heavy atom. The third-order valence-electron chi connectivity index (χ3n) is 4.06. The number of esters is 2. The molecule has 1 saturated carbocycles. The predicted molar refractivity (Wildman–Crippen MR) is 94.8 cm³/mol. The van der Waals surface area contributed by atoms with Crippen LogP contribution in [0, 0.1) is 0 Å². The van der Waals surface area contributed by atoms with E-state index in [1.807, 2.05) is 12.1 Å². The molecule has 1 aliphatic carbocycles. The van der Waals surface area contributed by atoms with Crippen molar-refractivity contribution in [2.24, 2.45) is 0 Å². The quantitative estimate of drug-likeness (QED) is 0.705. The molecule has 1 aliphatic rings. The van der Waals surface area contributed by atoms with Crippen molar-refractivity contribution in [2.45, 2.75) is 51.7 Å². The number of aromatic nitrogens is 2. The van der Waals surface area contributed by atoms with E-state index in [-0.39, 0.29) is 30.5 Å². The molecular weight excluding hydrogens is 336 g/mol. The minimum Gasteiger partial charge on any atom is -0.460 e. The number of benzene rings is 1. The Bertz CT molecular complexity index is 883. The van der Waals surface area contributed by atoms with E-state index in [0.29, 0.717) is 16.7 Å². The van der Waals surface area contributed by atoms with Crippen molar-refractivity contribution in [3.63, 3.8) is 0 Å². The molecule has 2 aromatic rings. The monoisotopic (exact) mass is 358 g/mol. The molecule has 138 valence electrons. The van der Waals surface area contributed by atoms with Gasteiger partial charge >= 0.3 is 11.9 Å². The van der Waals surface area contributed by atoms with E-state index in [1.54, 1.807) is 30.5 Å². The first-order chi connectivity index (χ1) is 12.5. The van der Waals surface area contributed by atoms with Crippen LogP contribution in [0.2, 0.25) is 0 Å². The summed E-state index contributed by atoms with van der Waals surface area (Å²) < 4.78 is 11.5. The highest BCUT2D eigenvalue weighted by atomic mass is 16.6. The molecule has 0 N–H and O–H groups in total. The topological polar surface area (TPSA) is 87.5 Å². The molecule has 7 heteroatoms. The largest absolute Gasteiger partial charge is 0.460 e. The fourth-order valence-corrected chi connectivity index (χ4v) is 2.80. The average Bonchev–Trinajstić information content (AvgIpc) is 3.42. The third-order valence-corrected chi connectivity index (χ3v) is 4.06. The first-order valence-electron chi connectivity index (χ1n) is 8.81. The van der Waals surface area contributed by atoms with Crippen LogP contribution in [0.1, 0.15) is 45.0 Å². The highest BCUT2D eigenvalue weighted by Crippen LogP contribution is 2.34. The van der Waals surface area contributed by atoms with E-state index in [2.05, 4.69) is 4.98 Å². The molecule has 0 atom stereocenters. The molecule has 26 heavy (non-hydrogen) atoms. The molecule has 1 heterocycles. The van der Waals surface area contributed by atoms with Crippen LogP contribution in [-0.2, 0) is 25.5 Å². The number of hydrogen-bond donors (Lipinski definition) is 0. The lowest BCUT2D eigenvalue weighted by molar-refractivity contribution is -0.161. The van der Waals surface area contributed by atoms with Gasteiger partial charge in [0, 0.05) is 12.5 Å². The van der Waals surface area contributed by atoms with E-state index in [9.17, 15) is 14.4 Å². The molecule has 0 spiro atoms. The SMILES string of the molecule is CC(C)OC(=O)COC(=O)CCc1nc2ccccc2c(=O)n1C1CC1. The highest BCUT2D eigenvalue weighted by Gasteiger charge is 2.28. The van der Waals surface area contributed by atoms with E-state index in [4.69, 9.17) is 9.47 Å². The molecule has 0 aliphatic heterocycles. The summed E-state index contributed by atoms with van der Waals surface area (Å²) in [7, 11) is 0. The Labute approximate surface area is 150 Å². The lowest BCUT2D eigenvalue weighted by atomic mass is 10.2. The summed E-state index contributed by atoms with van der Waals surface area (Å²) in [6.07, 6.45) is 1.97. The molecule has 0 saturated heterocycles. The molecule has 7 nitrogen and oxygen atoms in total. The number of rotatable bonds is 7.